The highest BCUT2D eigenvalue weighted by atomic mass is 79.9. The van der Waals surface area contributed by atoms with Crippen LogP contribution in [0.4, 0.5) is 0 Å². The van der Waals surface area contributed by atoms with Crippen molar-refractivity contribution in [3.8, 4) is 5.69 Å². The molecule has 0 saturated heterocycles. The summed E-state index contributed by atoms with van der Waals surface area (Å²) in [4.78, 5) is 10.4. The van der Waals surface area contributed by atoms with Gasteiger partial charge in [0.05, 0.1) is 11.9 Å². The first kappa shape index (κ1) is 10.3. The highest BCUT2D eigenvalue weighted by molar-refractivity contribution is 9.10. The van der Waals surface area contributed by atoms with Crippen molar-refractivity contribution in [2.24, 2.45) is 0 Å². The fourth-order valence-corrected chi connectivity index (χ4v) is 1.97. The minimum absolute atomic E-state index is 0.283. The Morgan fingerprint density at radius 2 is 2.20 bits per heavy atom. The lowest BCUT2D eigenvalue weighted by molar-refractivity contribution is 0.111. The van der Waals surface area contributed by atoms with Gasteiger partial charge in [-0.05, 0) is 18.2 Å². The molecule has 0 unspecified atom stereocenters. The molecule has 1 aromatic heterocycles. The lowest BCUT2D eigenvalue weighted by atomic mass is 10.3. The van der Waals surface area contributed by atoms with Gasteiger partial charge in [-0.2, -0.15) is 0 Å². The van der Waals surface area contributed by atoms with Gasteiger partial charge in [0.25, 0.3) is 0 Å². The van der Waals surface area contributed by atoms with E-state index in [-0.39, 0.29) is 5.69 Å². The van der Waals surface area contributed by atoms with Gasteiger partial charge in [0.2, 0.25) is 0 Å². The lowest BCUT2D eigenvalue weighted by Crippen LogP contribution is -1.94. The number of rotatable bonds is 2. The van der Waals surface area contributed by atoms with Crippen LogP contribution in [0.15, 0.2) is 28.9 Å². The third kappa shape index (κ3) is 2.24. The van der Waals surface area contributed by atoms with Crippen LogP contribution in [0.25, 0.3) is 5.69 Å². The molecule has 2 aromatic rings. The second-order valence-corrected chi connectivity index (χ2v) is 4.19. The van der Waals surface area contributed by atoms with E-state index in [0.717, 1.165) is 10.2 Å². The Hall–Kier alpha value is -1.20. The summed E-state index contributed by atoms with van der Waals surface area (Å²) >= 11 is 9.20. The SMILES string of the molecule is O=Cc1cn(-c2cc(Cl)cc(Br)c2)nn1. The van der Waals surface area contributed by atoms with E-state index in [1.807, 2.05) is 6.07 Å². The third-order valence-corrected chi connectivity index (χ3v) is 2.42. The van der Waals surface area contributed by atoms with Crippen LogP contribution in [0.3, 0.4) is 0 Å². The monoisotopic (exact) mass is 285 g/mol. The number of halogens is 2. The van der Waals surface area contributed by atoms with Gasteiger partial charge >= 0.3 is 0 Å². The first-order valence-electron chi connectivity index (χ1n) is 4.03. The summed E-state index contributed by atoms with van der Waals surface area (Å²) in [7, 11) is 0. The van der Waals surface area contributed by atoms with Crippen LogP contribution in [-0.4, -0.2) is 21.3 Å². The Morgan fingerprint density at radius 3 is 2.80 bits per heavy atom. The van der Waals surface area contributed by atoms with Crippen LogP contribution in [0.2, 0.25) is 5.02 Å². The van der Waals surface area contributed by atoms with E-state index in [0.29, 0.717) is 11.3 Å². The average Bonchev–Trinajstić information content (AvgIpc) is 2.64. The fraction of sp³-hybridized carbons (Fsp3) is 0. The lowest BCUT2D eigenvalue weighted by Gasteiger charge is -2.01. The summed E-state index contributed by atoms with van der Waals surface area (Å²) in [6.07, 6.45) is 2.17. The number of aldehydes is 1. The van der Waals surface area contributed by atoms with Gasteiger partial charge in [0.1, 0.15) is 5.69 Å². The molecule has 0 spiro atoms. The molecule has 0 radical (unpaired) electrons. The molecule has 0 aliphatic heterocycles. The minimum Gasteiger partial charge on any atom is -0.296 e. The fourth-order valence-electron chi connectivity index (χ4n) is 1.13. The van der Waals surface area contributed by atoms with E-state index >= 15 is 0 Å². The van der Waals surface area contributed by atoms with Gasteiger partial charge in [-0.3, -0.25) is 4.79 Å². The molecule has 0 fully saturated rings. The first-order valence-corrected chi connectivity index (χ1v) is 5.20. The largest absolute Gasteiger partial charge is 0.296 e. The van der Waals surface area contributed by atoms with Gasteiger partial charge in [-0.15, -0.1) is 5.10 Å². The minimum atomic E-state index is 0.283. The summed E-state index contributed by atoms with van der Waals surface area (Å²) in [6, 6.07) is 5.33. The van der Waals surface area contributed by atoms with E-state index < -0.39 is 0 Å². The molecule has 0 saturated carbocycles. The molecule has 15 heavy (non-hydrogen) atoms. The Labute approximate surface area is 99.0 Å². The second-order valence-electron chi connectivity index (χ2n) is 2.83. The van der Waals surface area contributed by atoms with Crippen molar-refractivity contribution in [2.75, 3.05) is 0 Å². The van der Waals surface area contributed by atoms with E-state index in [1.54, 1.807) is 12.1 Å². The summed E-state index contributed by atoms with van der Waals surface area (Å²) in [5, 5.41) is 8.04. The van der Waals surface area contributed by atoms with Crippen molar-refractivity contribution in [1.82, 2.24) is 15.0 Å². The molecule has 76 valence electrons. The van der Waals surface area contributed by atoms with Crippen LogP contribution >= 0.6 is 27.5 Å². The maximum Gasteiger partial charge on any atom is 0.171 e. The number of nitrogens with zero attached hydrogens (tertiary/aromatic N) is 3. The molecule has 0 atom stereocenters. The molecule has 0 bridgehead atoms. The molecular formula is C9H5BrClN3O. The molecule has 6 heteroatoms. The van der Waals surface area contributed by atoms with E-state index in [1.165, 1.54) is 10.9 Å². The normalized spacial score (nSPS) is 10.3. The number of benzene rings is 1. The van der Waals surface area contributed by atoms with Crippen molar-refractivity contribution in [3.05, 3.63) is 39.6 Å². The number of carbonyl (C=O) groups is 1. The van der Waals surface area contributed by atoms with Crippen LogP contribution in [-0.2, 0) is 0 Å². The topological polar surface area (TPSA) is 47.8 Å². The molecule has 0 N–H and O–H groups in total. The molecule has 0 amide bonds. The third-order valence-electron chi connectivity index (χ3n) is 1.74. The Kier molecular flexibility index (Phi) is 2.83. The summed E-state index contributed by atoms with van der Waals surface area (Å²) < 4.78 is 2.33. The maximum atomic E-state index is 10.4. The molecule has 0 aliphatic carbocycles. The molecule has 1 heterocycles. The van der Waals surface area contributed by atoms with Gasteiger partial charge in [0.15, 0.2) is 6.29 Å². The van der Waals surface area contributed by atoms with Gasteiger partial charge in [0, 0.05) is 9.50 Å². The smallest absolute Gasteiger partial charge is 0.171 e. The van der Waals surface area contributed by atoms with E-state index in [4.69, 9.17) is 11.6 Å². The zero-order valence-electron chi connectivity index (χ0n) is 7.39. The van der Waals surface area contributed by atoms with Gasteiger partial charge in [-0.25, -0.2) is 4.68 Å². The highest BCUT2D eigenvalue weighted by Gasteiger charge is 2.03. The Morgan fingerprint density at radius 1 is 1.40 bits per heavy atom. The van der Waals surface area contributed by atoms with Crippen LogP contribution in [0, 0.1) is 0 Å². The molecule has 1 aromatic carbocycles. The summed E-state index contributed by atoms with van der Waals surface area (Å²) in [6.45, 7) is 0. The van der Waals surface area contributed by atoms with Gasteiger partial charge < -0.3 is 0 Å². The zero-order valence-corrected chi connectivity index (χ0v) is 9.73. The summed E-state index contributed by atoms with van der Waals surface area (Å²) in [5.41, 5.74) is 1.03. The quantitative estimate of drug-likeness (QED) is 0.797. The molecular weight excluding hydrogens is 281 g/mol. The van der Waals surface area contributed by atoms with Crippen LogP contribution in [0.5, 0.6) is 0 Å². The van der Waals surface area contributed by atoms with Crippen molar-refractivity contribution in [2.45, 2.75) is 0 Å². The maximum absolute atomic E-state index is 10.4. The standard InChI is InChI=1S/C9H5BrClN3O/c10-6-1-7(11)3-9(2-6)14-4-8(5-15)12-13-14/h1-5H. The number of carbonyl (C=O) groups excluding carboxylic acids is 1. The van der Waals surface area contributed by atoms with Crippen LogP contribution in [0.1, 0.15) is 10.5 Å². The molecule has 4 nitrogen and oxygen atoms in total. The second kappa shape index (κ2) is 4.12. The zero-order chi connectivity index (χ0) is 10.8. The van der Waals surface area contributed by atoms with E-state index in [2.05, 4.69) is 26.2 Å². The van der Waals surface area contributed by atoms with Crippen LogP contribution < -0.4 is 0 Å². The Balaban J connectivity index is 2.48. The van der Waals surface area contributed by atoms with E-state index in [9.17, 15) is 4.79 Å². The molecule has 0 aliphatic rings. The summed E-state index contributed by atoms with van der Waals surface area (Å²) in [5.74, 6) is 0. The predicted molar refractivity (Wildman–Crippen MR) is 59.5 cm³/mol. The van der Waals surface area contributed by atoms with Crippen molar-refractivity contribution < 1.29 is 4.79 Å². The highest BCUT2D eigenvalue weighted by Crippen LogP contribution is 2.21. The van der Waals surface area contributed by atoms with Gasteiger partial charge in [-0.1, -0.05) is 32.7 Å². The van der Waals surface area contributed by atoms with Crippen molar-refractivity contribution in [3.63, 3.8) is 0 Å². The Bertz CT molecular complexity index is 492. The van der Waals surface area contributed by atoms with Crippen molar-refractivity contribution >= 4 is 33.8 Å². The average molecular weight is 287 g/mol. The number of aromatic nitrogens is 3. The predicted octanol–water partition coefficient (Wildman–Crippen LogP) is 2.50. The molecule has 2 rings (SSSR count). The first-order chi connectivity index (χ1) is 7.19. The van der Waals surface area contributed by atoms with Crippen molar-refractivity contribution in [1.29, 1.82) is 0 Å². The number of hydrogen-bond acceptors (Lipinski definition) is 3. The number of hydrogen-bond donors (Lipinski definition) is 0.